The van der Waals surface area contributed by atoms with E-state index in [0.717, 1.165) is 25.7 Å². The van der Waals surface area contributed by atoms with E-state index in [2.05, 4.69) is 13.8 Å². The molecule has 1 heterocycles. The molecule has 2 aromatic rings. The first-order valence-corrected chi connectivity index (χ1v) is 14.4. The highest BCUT2D eigenvalue weighted by atomic mass is 32.2. The molecule has 182 valence electrons. The van der Waals surface area contributed by atoms with Gasteiger partial charge < -0.3 is 9.47 Å². The molecule has 4 nitrogen and oxygen atoms in total. The number of benzene rings is 2. The summed E-state index contributed by atoms with van der Waals surface area (Å²) in [6.45, 7) is 5.63. The zero-order valence-electron chi connectivity index (χ0n) is 20.4. The summed E-state index contributed by atoms with van der Waals surface area (Å²) in [7, 11) is -3.56. The van der Waals surface area contributed by atoms with E-state index < -0.39 is 9.84 Å². The van der Waals surface area contributed by atoms with E-state index in [4.69, 9.17) is 9.47 Å². The van der Waals surface area contributed by atoms with Gasteiger partial charge in [-0.05, 0) is 37.1 Å². The average molecular weight is 473 g/mol. The Morgan fingerprint density at radius 3 is 1.39 bits per heavy atom. The number of sulfone groups is 1. The maximum Gasteiger partial charge on any atom is 0.208 e. The van der Waals surface area contributed by atoms with Crippen molar-refractivity contribution in [1.29, 1.82) is 0 Å². The van der Waals surface area contributed by atoms with Crippen LogP contribution in [-0.4, -0.2) is 21.6 Å². The Morgan fingerprint density at radius 1 is 0.576 bits per heavy atom. The van der Waals surface area contributed by atoms with Crippen molar-refractivity contribution in [2.24, 2.45) is 0 Å². The summed E-state index contributed by atoms with van der Waals surface area (Å²) in [6.07, 6.45) is 14.2. The first-order chi connectivity index (χ1) is 16.1. The minimum absolute atomic E-state index is 0.327. The third kappa shape index (κ3) is 6.53. The van der Waals surface area contributed by atoms with Crippen molar-refractivity contribution in [3.05, 3.63) is 36.4 Å². The number of rotatable bonds is 16. The van der Waals surface area contributed by atoms with Crippen LogP contribution < -0.4 is 9.47 Å². The van der Waals surface area contributed by atoms with Gasteiger partial charge in [-0.2, -0.15) is 0 Å². The zero-order chi connectivity index (χ0) is 23.5. The molecule has 0 spiro atoms. The minimum atomic E-state index is -3.56. The van der Waals surface area contributed by atoms with Crippen molar-refractivity contribution >= 4 is 9.84 Å². The SMILES string of the molecule is CCCCCCCCOc1cccc2c1-c1c(OCCCCCCCC)cccc1S2(=O)=O. The van der Waals surface area contributed by atoms with Crippen LogP contribution in [0.1, 0.15) is 90.9 Å². The van der Waals surface area contributed by atoms with E-state index in [-0.39, 0.29) is 0 Å². The summed E-state index contributed by atoms with van der Waals surface area (Å²) >= 11 is 0. The van der Waals surface area contributed by atoms with Crippen LogP contribution in [0.3, 0.4) is 0 Å². The molecule has 2 aromatic carbocycles. The molecule has 0 saturated carbocycles. The lowest BCUT2D eigenvalue weighted by atomic mass is 10.0. The van der Waals surface area contributed by atoms with Crippen molar-refractivity contribution in [3.63, 3.8) is 0 Å². The van der Waals surface area contributed by atoms with E-state index in [9.17, 15) is 8.42 Å². The highest BCUT2D eigenvalue weighted by Crippen LogP contribution is 2.51. The summed E-state index contributed by atoms with van der Waals surface area (Å²) in [5.41, 5.74) is 1.33. The van der Waals surface area contributed by atoms with Crippen LogP contribution in [-0.2, 0) is 9.84 Å². The van der Waals surface area contributed by atoms with Crippen molar-refractivity contribution in [1.82, 2.24) is 0 Å². The third-order valence-corrected chi connectivity index (χ3v) is 8.15. The molecule has 0 amide bonds. The quantitative estimate of drug-likeness (QED) is 0.198. The Labute approximate surface area is 200 Å². The molecule has 0 aliphatic carbocycles. The van der Waals surface area contributed by atoms with Gasteiger partial charge >= 0.3 is 0 Å². The molecule has 0 saturated heterocycles. The van der Waals surface area contributed by atoms with Crippen LogP contribution in [0.4, 0.5) is 0 Å². The van der Waals surface area contributed by atoms with Gasteiger partial charge in [-0.3, -0.25) is 0 Å². The van der Waals surface area contributed by atoms with Crippen LogP contribution in [0.25, 0.3) is 11.1 Å². The molecular weight excluding hydrogens is 432 g/mol. The maximum absolute atomic E-state index is 13.2. The Hall–Kier alpha value is -2.01. The van der Waals surface area contributed by atoms with Crippen LogP contribution in [0, 0.1) is 0 Å². The summed E-state index contributed by atoms with van der Waals surface area (Å²) in [6, 6.07) is 10.7. The number of fused-ring (bicyclic) bond motifs is 3. The molecule has 0 bridgehead atoms. The Morgan fingerprint density at radius 2 is 0.970 bits per heavy atom. The van der Waals surface area contributed by atoms with Gasteiger partial charge in [-0.15, -0.1) is 0 Å². The lowest BCUT2D eigenvalue weighted by Crippen LogP contribution is -2.01. The molecule has 0 aromatic heterocycles. The van der Waals surface area contributed by atoms with Crippen molar-refractivity contribution in [3.8, 4) is 22.6 Å². The fourth-order valence-corrected chi connectivity index (χ4v) is 6.15. The maximum atomic E-state index is 13.2. The van der Waals surface area contributed by atoms with Gasteiger partial charge in [0.25, 0.3) is 0 Å². The molecule has 0 fully saturated rings. The second-order valence-electron chi connectivity index (χ2n) is 8.99. The normalized spacial score (nSPS) is 13.5. The molecular formula is C28H40O4S. The predicted octanol–water partition coefficient (Wildman–Crippen LogP) is 7.98. The first kappa shape index (κ1) is 25.6. The second-order valence-corrected chi connectivity index (χ2v) is 10.9. The van der Waals surface area contributed by atoms with Crippen molar-refractivity contribution in [2.75, 3.05) is 13.2 Å². The fraction of sp³-hybridized carbons (Fsp3) is 0.571. The van der Waals surface area contributed by atoms with Gasteiger partial charge in [-0.1, -0.05) is 90.2 Å². The summed E-state index contributed by atoms with van der Waals surface area (Å²) in [5, 5.41) is 0. The highest BCUT2D eigenvalue weighted by molar-refractivity contribution is 7.92. The number of unbranched alkanes of at least 4 members (excludes halogenated alkanes) is 10. The minimum Gasteiger partial charge on any atom is -0.493 e. The zero-order valence-corrected chi connectivity index (χ0v) is 21.2. The molecule has 33 heavy (non-hydrogen) atoms. The van der Waals surface area contributed by atoms with E-state index in [1.807, 2.05) is 12.1 Å². The van der Waals surface area contributed by atoms with E-state index in [1.54, 1.807) is 24.3 Å². The van der Waals surface area contributed by atoms with Crippen LogP contribution in [0.15, 0.2) is 46.2 Å². The van der Waals surface area contributed by atoms with Gasteiger partial charge in [0.15, 0.2) is 0 Å². The van der Waals surface area contributed by atoms with E-state index >= 15 is 0 Å². The standard InChI is InChI=1S/C28H40O4S/c1-3-5-7-9-11-13-21-31-23-17-15-19-25-27(23)28-24(18-16-20-26(28)33(25,29)30)32-22-14-12-10-8-6-4-2/h15-20H,3-14,21-22H2,1-2H3. The summed E-state index contributed by atoms with van der Waals surface area (Å²) < 4.78 is 38.7. The van der Waals surface area contributed by atoms with E-state index in [0.29, 0.717) is 45.6 Å². The monoisotopic (exact) mass is 472 g/mol. The van der Waals surface area contributed by atoms with Gasteiger partial charge in [0.1, 0.15) is 11.5 Å². The Kier molecular flexibility index (Phi) is 10.1. The van der Waals surface area contributed by atoms with Crippen molar-refractivity contribution < 1.29 is 17.9 Å². The highest BCUT2D eigenvalue weighted by Gasteiger charge is 2.37. The van der Waals surface area contributed by atoms with Crippen molar-refractivity contribution in [2.45, 2.75) is 101 Å². The molecule has 0 unspecified atom stereocenters. The number of hydrogen-bond acceptors (Lipinski definition) is 4. The Balaban J connectivity index is 1.70. The lowest BCUT2D eigenvalue weighted by Gasteiger charge is -2.14. The van der Waals surface area contributed by atoms with Gasteiger partial charge in [-0.25, -0.2) is 8.42 Å². The van der Waals surface area contributed by atoms with Crippen LogP contribution >= 0.6 is 0 Å². The summed E-state index contributed by atoms with van der Waals surface area (Å²) in [4.78, 5) is 0.655. The third-order valence-electron chi connectivity index (χ3n) is 6.32. The molecule has 1 aliphatic rings. The molecule has 5 heteroatoms. The van der Waals surface area contributed by atoms with Crippen LogP contribution in [0.5, 0.6) is 11.5 Å². The fourth-order valence-electron chi connectivity index (χ4n) is 4.45. The summed E-state index contributed by atoms with van der Waals surface area (Å²) in [5.74, 6) is 1.28. The van der Waals surface area contributed by atoms with E-state index in [1.165, 1.54) is 51.4 Å². The molecule has 0 radical (unpaired) electrons. The average Bonchev–Trinajstić information content (AvgIpc) is 3.06. The van der Waals surface area contributed by atoms with Crippen LogP contribution in [0.2, 0.25) is 0 Å². The molecule has 0 N–H and O–H groups in total. The largest absolute Gasteiger partial charge is 0.493 e. The predicted molar refractivity (Wildman–Crippen MR) is 135 cm³/mol. The van der Waals surface area contributed by atoms with Gasteiger partial charge in [0.2, 0.25) is 9.84 Å². The number of ether oxygens (including phenoxy) is 2. The molecule has 1 aliphatic heterocycles. The smallest absolute Gasteiger partial charge is 0.208 e. The first-order valence-electron chi connectivity index (χ1n) is 12.9. The number of hydrogen-bond donors (Lipinski definition) is 0. The lowest BCUT2D eigenvalue weighted by molar-refractivity contribution is 0.300. The second kappa shape index (κ2) is 13.0. The topological polar surface area (TPSA) is 52.6 Å². The van der Waals surface area contributed by atoms with Gasteiger partial charge in [0, 0.05) is 11.1 Å². The molecule has 0 atom stereocenters. The van der Waals surface area contributed by atoms with Gasteiger partial charge in [0.05, 0.1) is 23.0 Å². The Bertz CT molecular complexity index is 908. The molecule has 3 rings (SSSR count).